The quantitative estimate of drug-likeness (QED) is 0.720. The molecule has 0 spiro atoms. The SMILES string of the molecule is CCCCCn1cnc2cc(OC)ccc21. The zero-order chi connectivity index (χ0) is 11.4. The number of imidazole rings is 1. The van der Waals surface area contributed by atoms with Gasteiger partial charge in [0.1, 0.15) is 5.75 Å². The highest BCUT2D eigenvalue weighted by Crippen LogP contribution is 2.19. The fraction of sp³-hybridized carbons (Fsp3) is 0.462. The van der Waals surface area contributed by atoms with Gasteiger partial charge in [0, 0.05) is 12.6 Å². The molecule has 2 aromatic rings. The van der Waals surface area contributed by atoms with Crippen LogP contribution in [0, 0.1) is 0 Å². The van der Waals surface area contributed by atoms with E-state index in [1.165, 1.54) is 24.8 Å². The van der Waals surface area contributed by atoms with Crippen molar-refractivity contribution in [3.8, 4) is 5.75 Å². The summed E-state index contributed by atoms with van der Waals surface area (Å²) in [7, 11) is 1.68. The average molecular weight is 218 g/mol. The minimum Gasteiger partial charge on any atom is -0.497 e. The predicted molar refractivity (Wildman–Crippen MR) is 65.8 cm³/mol. The molecule has 0 aliphatic carbocycles. The van der Waals surface area contributed by atoms with E-state index in [1.54, 1.807) is 7.11 Å². The van der Waals surface area contributed by atoms with Crippen molar-refractivity contribution in [2.75, 3.05) is 7.11 Å². The number of rotatable bonds is 5. The van der Waals surface area contributed by atoms with E-state index < -0.39 is 0 Å². The first kappa shape index (κ1) is 11.0. The van der Waals surface area contributed by atoms with E-state index in [0.29, 0.717) is 0 Å². The number of hydrogen-bond acceptors (Lipinski definition) is 2. The van der Waals surface area contributed by atoms with Crippen LogP contribution in [0.1, 0.15) is 26.2 Å². The van der Waals surface area contributed by atoms with Crippen LogP contribution in [0.5, 0.6) is 5.75 Å². The first-order valence-electron chi connectivity index (χ1n) is 5.84. The molecule has 0 fully saturated rings. The summed E-state index contributed by atoms with van der Waals surface area (Å²) in [6, 6.07) is 6.04. The van der Waals surface area contributed by atoms with Gasteiger partial charge in [-0.25, -0.2) is 4.98 Å². The Labute approximate surface area is 96.1 Å². The van der Waals surface area contributed by atoms with E-state index >= 15 is 0 Å². The molecule has 0 saturated heterocycles. The zero-order valence-corrected chi connectivity index (χ0v) is 9.94. The molecular weight excluding hydrogens is 200 g/mol. The summed E-state index contributed by atoms with van der Waals surface area (Å²) >= 11 is 0. The van der Waals surface area contributed by atoms with E-state index in [9.17, 15) is 0 Å². The van der Waals surface area contributed by atoms with Crippen molar-refractivity contribution >= 4 is 11.0 Å². The lowest BCUT2D eigenvalue weighted by atomic mass is 10.2. The molecule has 2 rings (SSSR count). The lowest BCUT2D eigenvalue weighted by Crippen LogP contribution is -1.95. The molecule has 0 aliphatic heterocycles. The first-order chi connectivity index (χ1) is 7.85. The lowest BCUT2D eigenvalue weighted by Gasteiger charge is -2.04. The first-order valence-corrected chi connectivity index (χ1v) is 5.84. The van der Waals surface area contributed by atoms with Gasteiger partial charge in [-0.2, -0.15) is 0 Å². The van der Waals surface area contributed by atoms with Crippen molar-refractivity contribution < 1.29 is 4.74 Å². The number of aryl methyl sites for hydroxylation is 1. The topological polar surface area (TPSA) is 27.1 Å². The van der Waals surface area contributed by atoms with E-state index in [-0.39, 0.29) is 0 Å². The summed E-state index contributed by atoms with van der Waals surface area (Å²) in [6.07, 6.45) is 5.66. The van der Waals surface area contributed by atoms with Crippen molar-refractivity contribution in [1.29, 1.82) is 0 Å². The van der Waals surface area contributed by atoms with E-state index in [4.69, 9.17) is 4.74 Å². The molecule has 1 aromatic heterocycles. The largest absolute Gasteiger partial charge is 0.497 e. The van der Waals surface area contributed by atoms with Gasteiger partial charge in [-0.1, -0.05) is 19.8 Å². The molecule has 1 aromatic carbocycles. The number of methoxy groups -OCH3 is 1. The Morgan fingerprint density at radius 1 is 1.31 bits per heavy atom. The fourth-order valence-corrected chi connectivity index (χ4v) is 1.88. The Balaban J connectivity index is 2.20. The van der Waals surface area contributed by atoms with Crippen molar-refractivity contribution in [2.24, 2.45) is 0 Å². The Bertz CT molecular complexity index is 462. The third-order valence-corrected chi connectivity index (χ3v) is 2.83. The second-order valence-corrected chi connectivity index (χ2v) is 4.00. The van der Waals surface area contributed by atoms with Gasteiger partial charge in [-0.05, 0) is 18.6 Å². The Morgan fingerprint density at radius 3 is 2.94 bits per heavy atom. The molecule has 0 unspecified atom stereocenters. The number of hydrogen-bond donors (Lipinski definition) is 0. The van der Waals surface area contributed by atoms with Crippen LogP contribution in [0.4, 0.5) is 0 Å². The predicted octanol–water partition coefficient (Wildman–Crippen LogP) is 3.24. The highest BCUT2D eigenvalue weighted by molar-refractivity contribution is 5.76. The van der Waals surface area contributed by atoms with Gasteiger partial charge in [-0.15, -0.1) is 0 Å². The maximum absolute atomic E-state index is 5.18. The molecule has 1 heterocycles. The molecule has 0 atom stereocenters. The summed E-state index contributed by atoms with van der Waals surface area (Å²) in [6.45, 7) is 3.27. The Kier molecular flexibility index (Phi) is 3.44. The van der Waals surface area contributed by atoms with Crippen LogP contribution in [-0.4, -0.2) is 16.7 Å². The van der Waals surface area contributed by atoms with Crippen LogP contribution in [0.3, 0.4) is 0 Å². The maximum Gasteiger partial charge on any atom is 0.121 e. The number of ether oxygens (including phenoxy) is 1. The molecular formula is C13H18N2O. The molecule has 0 aliphatic rings. The minimum atomic E-state index is 0.867. The summed E-state index contributed by atoms with van der Waals surface area (Å²) in [5.74, 6) is 0.867. The highest BCUT2D eigenvalue weighted by atomic mass is 16.5. The van der Waals surface area contributed by atoms with Crippen molar-refractivity contribution in [2.45, 2.75) is 32.7 Å². The minimum absolute atomic E-state index is 0.867. The van der Waals surface area contributed by atoms with Crippen LogP contribution in [0.2, 0.25) is 0 Å². The molecule has 0 bridgehead atoms. The second-order valence-electron chi connectivity index (χ2n) is 4.00. The Hall–Kier alpha value is -1.51. The average Bonchev–Trinajstić information content (AvgIpc) is 2.72. The van der Waals surface area contributed by atoms with Crippen molar-refractivity contribution in [3.63, 3.8) is 0 Å². The smallest absolute Gasteiger partial charge is 0.121 e. The number of benzene rings is 1. The van der Waals surface area contributed by atoms with Gasteiger partial charge < -0.3 is 9.30 Å². The van der Waals surface area contributed by atoms with E-state index in [2.05, 4.69) is 22.5 Å². The third-order valence-electron chi connectivity index (χ3n) is 2.83. The van der Waals surface area contributed by atoms with E-state index in [0.717, 1.165) is 17.8 Å². The lowest BCUT2D eigenvalue weighted by molar-refractivity contribution is 0.415. The summed E-state index contributed by atoms with van der Waals surface area (Å²) in [5.41, 5.74) is 2.20. The van der Waals surface area contributed by atoms with E-state index in [1.807, 2.05) is 18.5 Å². The molecule has 3 nitrogen and oxygen atoms in total. The fourth-order valence-electron chi connectivity index (χ4n) is 1.88. The van der Waals surface area contributed by atoms with Crippen molar-refractivity contribution in [1.82, 2.24) is 9.55 Å². The van der Waals surface area contributed by atoms with Gasteiger partial charge in [0.05, 0.1) is 24.5 Å². The zero-order valence-electron chi connectivity index (χ0n) is 9.94. The monoisotopic (exact) mass is 218 g/mol. The molecule has 0 radical (unpaired) electrons. The van der Waals surface area contributed by atoms with Gasteiger partial charge in [-0.3, -0.25) is 0 Å². The standard InChI is InChI=1S/C13H18N2O/c1-3-4-5-8-15-10-14-12-9-11(16-2)6-7-13(12)15/h6-7,9-10H,3-5,8H2,1-2H3. The van der Waals surface area contributed by atoms with Gasteiger partial charge in [0.25, 0.3) is 0 Å². The number of aromatic nitrogens is 2. The molecule has 16 heavy (non-hydrogen) atoms. The van der Waals surface area contributed by atoms with Gasteiger partial charge >= 0.3 is 0 Å². The van der Waals surface area contributed by atoms with Crippen LogP contribution in [0.15, 0.2) is 24.5 Å². The maximum atomic E-state index is 5.18. The highest BCUT2D eigenvalue weighted by Gasteiger charge is 2.03. The second kappa shape index (κ2) is 5.01. The molecule has 3 heteroatoms. The van der Waals surface area contributed by atoms with Crippen LogP contribution in [0.25, 0.3) is 11.0 Å². The summed E-state index contributed by atoms with van der Waals surface area (Å²) in [4.78, 5) is 4.39. The number of fused-ring (bicyclic) bond motifs is 1. The number of unbranched alkanes of at least 4 members (excludes halogenated alkanes) is 2. The van der Waals surface area contributed by atoms with Crippen molar-refractivity contribution in [3.05, 3.63) is 24.5 Å². The summed E-state index contributed by atoms with van der Waals surface area (Å²) < 4.78 is 7.39. The summed E-state index contributed by atoms with van der Waals surface area (Å²) in [5, 5.41) is 0. The third kappa shape index (κ3) is 2.18. The van der Waals surface area contributed by atoms with Gasteiger partial charge in [0.15, 0.2) is 0 Å². The van der Waals surface area contributed by atoms with Crippen LogP contribution < -0.4 is 4.74 Å². The Morgan fingerprint density at radius 2 is 2.19 bits per heavy atom. The van der Waals surface area contributed by atoms with Crippen LogP contribution in [-0.2, 0) is 6.54 Å². The van der Waals surface area contributed by atoms with Gasteiger partial charge in [0.2, 0.25) is 0 Å². The van der Waals surface area contributed by atoms with Crippen LogP contribution >= 0.6 is 0 Å². The molecule has 0 amide bonds. The molecule has 0 saturated carbocycles. The molecule has 0 N–H and O–H groups in total. The normalized spacial score (nSPS) is 10.9. The number of nitrogens with zero attached hydrogens (tertiary/aromatic N) is 2. The molecule has 86 valence electrons.